The molecule has 0 aliphatic heterocycles. The van der Waals surface area contributed by atoms with E-state index in [2.05, 4.69) is 304 Å². The third-order valence-electron chi connectivity index (χ3n) is 9.35. The van der Waals surface area contributed by atoms with Gasteiger partial charge < -0.3 is 0 Å². The third-order valence-corrected chi connectivity index (χ3v) is 37.5. The van der Waals surface area contributed by atoms with E-state index >= 15 is 0 Å². The molecule has 0 saturated heterocycles. The molecule has 0 unspecified atom stereocenters. The summed E-state index contributed by atoms with van der Waals surface area (Å²) < 4.78 is 11.5. The van der Waals surface area contributed by atoms with Crippen LogP contribution < -0.4 is 42.4 Å². The normalized spacial score (nSPS) is 11.6. The van der Waals surface area contributed by atoms with Crippen LogP contribution in [0.3, 0.4) is 0 Å². The average molecular weight is 1140 g/mol. The van der Waals surface area contributed by atoms with Crippen LogP contribution in [-0.4, -0.2) is 61.3 Å². The Morgan fingerprint density at radius 2 is 0.373 bits per heavy atom. The standard InChI is InChI=1S/2C24H20NP2Se2.Fe/c2*28-26(21-13-5-1-6-14-21,22-15-7-2-8-16-22)25-27(29,23-17-9-3-10-18-23)24-19-11-4-12-20-24;/h2*1-20H;. The first-order valence-electron chi connectivity index (χ1n) is 18.6. The van der Waals surface area contributed by atoms with Crippen molar-refractivity contribution in [2.24, 2.45) is 9.03 Å². The topological polar surface area (TPSA) is 24.7 Å². The Morgan fingerprint density at radius 1 is 0.237 bits per heavy atom. The van der Waals surface area contributed by atoms with E-state index in [1.165, 1.54) is 42.4 Å². The van der Waals surface area contributed by atoms with Crippen molar-refractivity contribution < 1.29 is 17.1 Å². The molecule has 2 nitrogen and oxygen atoms in total. The van der Waals surface area contributed by atoms with E-state index < -0.39 is 22.8 Å². The first kappa shape index (κ1) is 46.2. The van der Waals surface area contributed by atoms with Crippen LogP contribution in [0.25, 0.3) is 0 Å². The zero-order chi connectivity index (χ0) is 40.3. The number of benzene rings is 8. The average Bonchev–Trinajstić information content (AvgIpc) is 3.31. The van der Waals surface area contributed by atoms with Crippen molar-refractivity contribution >= 4 is 127 Å². The van der Waals surface area contributed by atoms with Crippen molar-refractivity contribution in [3.8, 4) is 0 Å². The van der Waals surface area contributed by atoms with Gasteiger partial charge in [0, 0.05) is 17.1 Å². The molecule has 0 spiro atoms. The second-order valence-electron chi connectivity index (χ2n) is 13.2. The van der Waals surface area contributed by atoms with Gasteiger partial charge in [-0.3, -0.25) is 0 Å². The van der Waals surface area contributed by atoms with Gasteiger partial charge in [0.2, 0.25) is 0 Å². The van der Waals surface area contributed by atoms with Gasteiger partial charge in [0.25, 0.3) is 0 Å². The summed E-state index contributed by atoms with van der Waals surface area (Å²) in [5.74, 6) is -4.22. The Bertz CT molecular complexity index is 2380. The predicted octanol–water partition coefficient (Wildman–Crippen LogP) is 9.18. The molecule has 0 saturated carbocycles. The number of hydrogen-bond acceptors (Lipinski definition) is 2. The molecular formula is C48H40FeN2P4Se4. The van der Waals surface area contributed by atoms with Crippen LogP contribution in [0.1, 0.15) is 0 Å². The van der Waals surface area contributed by atoms with Gasteiger partial charge in [-0.05, 0) is 0 Å². The second-order valence-corrected chi connectivity index (χ2v) is 36.6. The van der Waals surface area contributed by atoms with Gasteiger partial charge in [0.15, 0.2) is 0 Å². The van der Waals surface area contributed by atoms with Crippen molar-refractivity contribution in [2.75, 3.05) is 0 Å². The van der Waals surface area contributed by atoms with E-state index in [-0.39, 0.29) is 17.1 Å². The van der Waals surface area contributed by atoms with E-state index in [0.717, 1.165) is 0 Å². The first-order valence-corrected chi connectivity index (χ1v) is 34.4. The van der Waals surface area contributed by atoms with Crippen LogP contribution in [0.5, 0.6) is 0 Å². The minimum absolute atomic E-state index is 0. The summed E-state index contributed by atoms with van der Waals surface area (Å²) in [6.45, 7) is 0. The number of rotatable bonds is 10. The Balaban J connectivity index is 0.000000195. The Morgan fingerprint density at radius 3 is 0.525 bits per heavy atom. The Labute approximate surface area is 391 Å². The zero-order valence-corrected chi connectivity index (χ0v) is 43.3. The van der Waals surface area contributed by atoms with E-state index in [0.29, 0.717) is 0 Å². The van der Waals surface area contributed by atoms with Crippen molar-refractivity contribution in [2.45, 2.75) is 0 Å². The maximum atomic E-state index is 5.73. The van der Waals surface area contributed by atoms with Crippen LogP contribution in [-0.2, 0) is 17.1 Å². The monoisotopic (exact) mass is 1140 g/mol. The third kappa shape index (κ3) is 10.8. The fourth-order valence-electron chi connectivity index (χ4n) is 6.40. The molecule has 0 fully saturated rings. The first-order chi connectivity index (χ1) is 28.3. The molecule has 0 heterocycles. The summed E-state index contributed by atoms with van der Waals surface area (Å²) >= 11 is 14.3. The van der Waals surface area contributed by atoms with E-state index in [4.69, 9.17) is 9.03 Å². The van der Waals surface area contributed by atoms with Crippen molar-refractivity contribution in [3.05, 3.63) is 243 Å². The quantitative estimate of drug-likeness (QED) is 0.0966. The van der Waals surface area contributed by atoms with Crippen LogP contribution in [0.2, 0.25) is 0 Å². The van der Waals surface area contributed by atoms with Crippen LogP contribution in [0.4, 0.5) is 0 Å². The van der Waals surface area contributed by atoms with Crippen molar-refractivity contribution in [3.63, 3.8) is 0 Å². The molecule has 59 heavy (non-hydrogen) atoms. The van der Waals surface area contributed by atoms with Gasteiger partial charge >= 0.3 is 378 Å². The molecule has 0 aliphatic carbocycles. The SMILES string of the molecule is [Fe].[Se]P(=NP(=[Se])(c1ccccc1)c1ccccc1)(c1ccccc1)c1ccccc1.[Se]P(=NP(=[Se])(c1ccccc1)c1ccccc1)(c1ccccc1)c1ccccc1. The fraction of sp³-hybridized carbons (Fsp3) is 0. The molecule has 8 rings (SSSR count). The Hall–Kier alpha value is -2.32. The predicted molar refractivity (Wildman–Crippen MR) is 264 cm³/mol. The van der Waals surface area contributed by atoms with E-state index in [9.17, 15) is 0 Å². The summed E-state index contributed by atoms with van der Waals surface area (Å²) in [5.41, 5.74) is -4.22. The second kappa shape index (κ2) is 21.7. The van der Waals surface area contributed by atoms with Gasteiger partial charge in [0.1, 0.15) is 0 Å². The molecule has 294 valence electrons. The summed E-state index contributed by atoms with van der Waals surface area (Å²) in [6.07, 6.45) is 0. The summed E-state index contributed by atoms with van der Waals surface area (Å²) in [6, 6.07) is 85.3. The maximum absolute atomic E-state index is 5.73. The molecule has 8 aromatic rings. The zero-order valence-electron chi connectivity index (χ0n) is 31.8. The summed E-state index contributed by atoms with van der Waals surface area (Å²) in [7, 11) is 0. The molecular weight excluding hydrogens is 1100 g/mol. The Kier molecular flexibility index (Phi) is 17.0. The van der Waals surface area contributed by atoms with Gasteiger partial charge in [-0.25, -0.2) is 0 Å². The van der Waals surface area contributed by atoms with Crippen LogP contribution >= 0.6 is 22.8 Å². The molecule has 8 aromatic carbocycles. The molecule has 0 bridgehead atoms. The molecule has 2 radical (unpaired) electrons. The minimum atomic E-state index is -2.11. The van der Waals surface area contributed by atoms with Gasteiger partial charge in [-0.1, -0.05) is 0 Å². The summed E-state index contributed by atoms with van der Waals surface area (Å²) in [5, 5.41) is 9.98. The molecule has 0 aliphatic rings. The van der Waals surface area contributed by atoms with E-state index in [1.54, 1.807) is 0 Å². The van der Waals surface area contributed by atoms with Crippen molar-refractivity contribution in [1.29, 1.82) is 0 Å². The van der Waals surface area contributed by atoms with Gasteiger partial charge in [-0.15, -0.1) is 0 Å². The molecule has 11 heteroatoms. The van der Waals surface area contributed by atoms with Crippen molar-refractivity contribution in [1.82, 2.24) is 0 Å². The van der Waals surface area contributed by atoms with Gasteiger partial charge in [-0.2, -0.15) is 0 Å². The van der Waals surface area contributed by atoms with Crippen LogP contribution in [0.15, 0.2) is 252 Å². The molecule has 0 N–H and O–H groups in total. The number of nitrogens with zero attached hydrogens (tertiary/aromatic N) is 2. The molecule has 0 amide bonds. The fourth-order valence-corrected chi connectivity index (χ4v) is 37.0. The summed E-state index contributed by atoms with van der Waals surface area (Å²) in [4.78, 5) is 0. The van der Waals surface area contributed by atoms with Crippen LogP contribution in [0, 0.1) is 0 Å². The van der Waals surface area contributed by atoms with E-state index in [1.807, 2.05) is 0 Å². The number of hydrogen-bond donors (Lipinski definition) is 0. The molecule has 0 aromatic heterocycles. The van der Waals surface area contributed by atoms with Gasteiger partial charge in [0.05, 0.1) is 0 Å². The molecule has 0 atom stereocenters.